The predicted octanol–water partition coefficient (Wildman–Crippen LogP) is 3.48. The molecule has 1 unspecified atom stereocenters. The molecular weight excluding hydrogens is 376 g/mol. The molecule has 4 rings (SSSR count). The lowest BCUT2D eigenvalue weighted by Gasteiger charge is -2.29. The van der Waals surface area contributed by atoms with Crippen LogP contribution in [0.1, 0.15) is 38.4 Å². The number of benzene rings is 1. The number of likely N-dealkylation sites (tertiary alicyclic amines) is 1. The number of carbonyl (C=O) groups excluding carboxylic acids is 1. The van der Waals surface area contributed by atoms with Gasteiger partial charge in [0.15, 0.2) is 10.7 Å². The molecule has 1 fully saturated rings. The van der Waals surface area contributed by atoms with E-state index in [-0.39, 0.29) is 5.91 Å². The number of aromatic nitrogens is 2. The van der Waals surface area contributed by atoms with Gasteiger partial charge in [0.2, 0.25) is 5.91 Å². The minimum absolute atomic E-state index is 0.290. The zero-order valence-corrected chi connectivity index (χ0v) is 16.9. The van der Waals surface area contributed by atoms with Gasteiger partial charge >= 0.3 is 5.76 Å². The highest BCUT2D eigenvalue weighted by molar-refractivity contribution is 7.13. The molecular formula is C20H24N4O3S. The lowest BCUT2D eigenvalue weighted by atomic mass is 9.99. The molecule has 2 aromatic heterocycles. The molecule has 1 aromatic carbocycles. The Balaban J connectivity index is 1.43. The molecule has 1 saturated heterocycles. The van der Waals surface area contributed by atoms with Crippen LogP contribution in [0.5, 0.6) is 0 Å². The summed E-state index contributed by atoms with van der Waals surface area (Å²) in [6.07, 6.45) is 2.44. The van der Waals surface area contributed by atoms with Crippen molar-refractivity contribution in [3.05, 3.63) is 45.9 Å². The largest absolute Gasteiger partial charge is 0.420 e. The number of anilines is 1. The molecule has 28 heavy (non-hydrogen) atoms. The fourth-order valence-corrected chi connectivity index (χ4v) is 4.27. The van der Waals surface area contributed by atoms with Gasteiger partial charge in [-0.05, 0) is 50.9 Å². The molecule has 1 aliphatic rings. The highest BCUT2D eigenvalue weighted by Crippen LogP contribution is 2.22. The molecule has 0 spiro atoms. The SMILES string of the molecule is CC1CCN(Cc2csc(NC(=O)C(C)n3c(=O)oc4ccccc43)n2)CC1. The highest BCUT2D eigenvalue weighted by atomic mass is 32.1. The van der Waals surface area contributed by atoms with E-state index in [4.69, 9.17) is 4.42 Å². The number of thiazole rings is 1. The third kappa shape index (κ3) is 3.88. The monoisotopic (exact) mass is 400 g/mol. The van der Waals surface area contributed by atoms with Gasteiger partial charge in [-0.25, -0.2) is 9.78 Å². The highest BCUT2D eigenvalue weighted by Gasteiger charge is 2.22. The summed E-state index contributed by atoms with van der Waals surface area (Å²) in [4.78, 5) is 31.8. The van der Waals surface area contributed by atoms with E-state index < -0.39 is 11.8 Å². The maximum atomic E-state index is 12.7. The van der Waals surface area contributed by atoms with E-state index in [2.05, 4.69) is 22.1 Å². The summed E-state index contributed by atoms with van der Waals surface area (Å²) in [6.45, 7) is 6.97. The molecule has 3 heterocycles. The first-order chi connectivity index (χ1) is 13.5. The average Bonchev–Trinajstić information content (AvgIpc) is 3.25. The van der Waals surface area contributed by atoms with Crippen molar-refractivity contribution in [3.8, 4) is 0 Å². The topological polar surface area (TPSA) is 80.4 Å². The van der Waals surface area contributed by atoms with Crippen molar-refractivity contribution in [1.82, 2.24) is 14.5 Å². The Kier molecular flexibility index (Phi) is 5.32. The van der Waals surface area contributed by atoms with Gasteiger partial charge in [0.25, 0.3) is 0 Å². The number of piperidine rings is 1. The number of para-hydroxylation sites is 2. The van der Waals surface area contributed by atoms with Crippen LogP contribution in [0.25, 0.3) is 11.1 Å². The van der Waals surface area contributed by atoms with Gasteiger partial charge in [0.05, 0.1) is 11.2 Å². The zero-order valence-electron chi connectivity index (χ0n) is 16.1. The van der Waals surface area contributed by atoms with Crippen LogP contribution < -0.4 is 11.1 Å². The van der Waals surface area contributed by atoms with Crippen LogP contribution in [0.3, 0.4) is 0 Å². The number of nitrogens with zero attached hydrogens (tertiary/aromatic N) is 3. The van der Waals surface area contributed by atoms with Crippen molar-refractivity contribution in [2.45, 2.75) is 39.3 Å². The van der Waals surface area contributed by atoms with Crippen LogP contribution in [-0.2, 0) is 11.3 Å². The summed E-state index contributed by atoms with van der Waals surface area (Å²) < 4.78 is 6.59. The molecule has 1 amide bonds. The number of amides is 1. The Bertz CT molecular complexity index is 1030. The fourth-order valence-electron chi connectivity index (χ4n) is 3.56. The number of nitrogens with one attached hydrogen (secondary N) is 1. The molecule has 148 valence electrons. The molecule has 1 N–H and O–H groups in total. The lowest BCUT2D eigenvalue weighted by Crippen LogP contribution is -2.32. The summed E-state index contributed by atoms with van der Waals surface area (Å²) in [6, 6.07) is 6.39. The molecule has 1 aliphatic heterocycles. The first-order valence-corrected chi connectivity index (χ1v) is 10.5. The van der Waals surface area contributed by atoms with Gasteiger partial charge in [-0.15, -0.1) is 11.3 Å². The maximum Gasteiger partial charge on any atom is 0.420 e. The first-order valence-electron chi connectivity index (χ1n) is 9.59. The summed E-state index contributed by atoms with van der Waals surface area (Å²) in [5.41, 5.74) is 2.04. The molecule has 8 heteroatoms. The summed E-state index contributed by atoms with van der Waals surface area (Å²) in [5.74, 6) is -0.0326. The van der Waals surface area contributed by atoms with Gasteiger partial charge in [-0.2, -0.15) is 0 Å². The number of hydrogen-bond donors (Lipinski definition) is 1. The minimum Gasteiger partial charge on any atom is -0.408 e. The molecule has 0 radical (unpaired) electrons. The second-order valence-electron chi connectivity index (χ2n) is 7.47. The van der Waals surface area contributed by atoms with Crippen molar-refractivity contribution >= 4 is 33.5 Å². The predicted molar refractivity (Wildman–Crippen MR) is 110 cm³/mol. The number of carbonyl (C=O) groups is 1. The summed E-state index contributed by atoms with van der Waals surface area (Å²) in [7, 11) is 0. The molecule has 0 bridgehead atoms. The van der Waals surface area contributed by atoms with Crippen molar-refractivity contribution in [3.63, 3.8) is 0 Å². The number of oxazole rings is 1. The van der Waals surface area contributed by atoms with E-state index >= 15 is 0 Å². The maximum absolute atomic E-state index is 12.7. The Morgan fingerprint density at radius 3 is 2.89 bits per heavy atom. The Morgan fingerprint density at radius 1 is 1.36 bits per heavy atom. The third-order valence-electron chi connectivity index (χ3n) is 5.33. The second kappa shape index (κ2) is 7.89. The van der Waals surface area contributed by atoms with Gasteiger partial charge in [-0.1, -0.05) is 19.1 Å². The van der Waals surface area contributed by atoms with Crippen molar-refractivity contribution in [2.24, 2.45) is 5.92 Å². The van der Waals surface area contributed by atoms with Gasteiger partial charge < -0.3 is 9.73 Å². The number of rotatable bonds is 5. The molecule has 0 saturated carbocycles. The molecule has 1 atom stereocenters. The average molecular weight is 401 g/mol. The van der Waals surface area contributed by atoms with Crippen molar-refractivity contribution < 1.29 is 9.21 Å². The summed E-state index contributed by atoms with van der Waals surface area (Å²) >= 11 is 1.41. The second-order valence-corrected chi connectivity index (χ2v) is 8.33. The van der Waals surface area contributed by atoms with Crippen LogP contribution in [0.15, 0.2) is 38.9 Å². The lowest BCUT2D eigenvalue weighted by molar-refractivity contribution is -0.118. The smallest absolute Gasteiger partial charge is 0.408 e. The van der Waals surface area contributed by atoms with Crippen molar-refractivity contribution in [1.29, 1.82) is 0 Å². The first kappa shape index (κ1) is 18.9. The standard InChI is InChI=1S/C20H24N4O3S/c1-13-7-9-23(10-8-13)11-15-12-28-19(21-15)22-18(25)14(2)24-16-5-3-4-6-17(16)27-20(24)26/h3-6,12-14H,7-11H2,1-2H3,(H,21,22,25). The van der Waals surface area contributed by atoms with E-state index in [9.17, 15) is 9.59 Å². The molecule has 3 aromatic rings. The molecule has 0 aliphatic carbocycles. The van der Waals surface area contributed by atoms with Crippen LogP contribution >= 0.6 is 11.3 Å². The third-order valence-corrected chi connectivity index (χ3v) is 6.14. The van der Waals surface area contributed by atoms with E-state index in [1.807, 2.05) is 11.4 Å². The van der Waals surface area contributed by atoms with Crippen LogP contribution in [0, 0.1) is 5.92 Å². The van der Waals surface area contributed by atoms with E-state index in [1.54, 1.807) is 25.1 Å². The van der Waals surface area contributed by atoms with Gasteiger partial charge in [-0.3, -0.25) is 14.3 Å². The van der Waals surface area contributed by atoms with Crippen LogP contribution in [-0.4, -0.2) is 33.4 Å². The number of hydrogen-bond acceptors (Lipinski definition) is 6. The van der Waals surface area contributed by atoms with Gasteiger partial charge in [0.1, 0.15) is 6.04 Å². The quantitative estimate of drug-likeness (QED) is 0.709. The van der Waals surface area contributed by atoms with E-state index in [0.29, 0.717) is 16.2 Å². The van der Waals surface area contributed by atoms with Gasteiger partial charge in [0, 0.05) is 11.9 Å². The fraction of sp³-hybridized carbons (Fsp3) is 0.450. The Morgan fingerprint density at radius 2 is 2.11 bits per heavy atom. The Labute approximate surface area is 167 Å². The number of fused-ring (bicyclic) bond motifs is 1. The van der Waals surface area contributed by atoms with Crippen LogP contribution in [0.2, 0.25) is 0 Å². The van der Waals surface area contributed by atoms with E-state index in [0.717, 1.165) is 31.2 Å². The summed E-state index contributed by atoms with van der Waals surface area (Å²) in [5, 5.41) is 5.37. The Hall–Kier alpha value is -2.45. The normalized spacial score (nSPS) is 17.1. The zero-order chi connectivity index (χ0) is 19.7. The molecule has 7 nitrogen and oxygen atoms in total. The van der Waals surface area contributed by atoms with E-state index in [1.165, 1.54) is 28.7 Å². The van der Waals surface area contributed by atoms with Crippen LogP contribution in [0.4, 0.5) is 5.13 Å². The van der Waals surface area contributed by atoms with Crippen molar-refractivity contribution in [2.75, 3.05) is 18.4 Å². The minimum atomic E-state index is -0.702.